The standard InChI is InChI=1S/C18H25N3O.HI/c1-5-7-12-20-17(19-6-2)21-15-13-18(3,4)22-16-11-9-8-10-14(15)16;/h1,8-11,15H,6-7,12-13H2,2-4H3,(H2,19,20,21);1H. The number of terminal acetylenes is 1. The Morgan fingerprint density at radius 3 is 2.87 bits per heavy atom. The van der Waals surface area contributed by atoms with Crippen molar-refractivity contribution in [3.63, 3.8) is 0 Å². The van der Waals surface area contributed by atoms with Gasteiger partial charge in [-0.15, -0.1) is 36.3 Å². The van der Waals surface area contributed by atoms with E-state index in [9.17, 15) is 0 Å². The number of rotatable bonds is 4. The van der Waals surface area contributed by atoms with E-state index in [1.54, 1.807) is 0 Å². The molecule has 1 heterocycles. The summed E-state index contributed by atoms with van der Waals surface area (Å²) in [4.78, 5) is 4.53. The number of nitrogens with zero attached hydrogens (tertiary/aromatic N) is 1. The Labute approximate surface area is 156 Å². The molecule has 0 spiro atoms. The molecule has 23 heavy (non-hydrogen) atoms. The van der Waals surface area contributed by atoms with E-state index in [0.717, 1.165) is 24.7 Å². The molecule has 126 valence electrons. The highest BCUT2D eigenvalue weighted by molar-refractivity contribution is 14.0. The van der Waals surface area contributed by atoms with Gasteiger partial charge in [-0.25, -0.2) is 0 Å². The molecule has 0 aromatic heterocycles. The van der Waals surface area contributed by atoms with E-state index in [-0.39, 0.29) is 35.6 Å². The maximum absolute atomic E-state index is 6.06. The molecule has 0 aliphatic carbocycles. The summed E-state index contributed by atoms with van der Waals surface area (Å²) in [6.07, 6.45) is 6.82. The van der Waals surface area contributed by atoms with Crippen LogP contribution in [0.15, 0.2) is 29.3 Å². The molecule has 0 saturated carbocycles. The molecule has 0 fully saturated rings. The topological polar surface area (TPSA) is 45.7 Å². The van der Waals surface area contributed by atoms with Gasteiger partial charge in [-0.3, -0.25) is 4.99 Å². The number of guanidine groups is 1. The van der Waals surface area contributed by atoms with Gasteiger partial charge in [0.2, 0.25) is 0 Å². The van der Waals surface area contributed by atoms with Gasteiger partial charge in [0.1, 0.15) is 11.4 Å². The zero-order valence-electron chi connectivity index (χ0n) is 14.1. The van der Waals surface area contributed by atoms with Crippen LogP contribution in [0, 0.1) is 12.3 Å². The SMILES string of the molecule is C#CCCN=C(NCC)NC1CC(C)(C)Oc2ccccc21.I. The van der Waals surface area contributed by atoms with Crippen molar-refractivity contribution in [2.45, 2.75) is 45.3 Å². The maximum Gasteiger partial charge on any atom is 0.191 e. The number of aliphatic imine (C=N–C) groups is 1. The van der Waals surface area contributed by atoms with Gasteiger partial charge in [-0.1, -0.05) is 18.2 Å². The third-order valence-electron chi connectivity index (χ3n) is 3.56. The molecule has 1 unspecified atom stereocenters. The summed E-state index contributed by atoms with van der Waals surface area (Å²) in [5, 5.41) is 6.79. The van der Waals surface area contributed by atoms with Crippen LogP contribution < -0.4 is 15.4 Å². The van der Waals surface area contributed by atoms with Crippen LogP contribution in [0.2, 0.25) is 0 Å². The van der Waals surface area contributed by atoms with Crippen molar-refractivity contribution in [1.82, 2.24) is 10.6 Å². The molecule has 1 atom stereocenters. The van der Waals surface area contributed by atoms with Crippen molar-refractivity contribution in [2.24, 2.45) is 4.99 Å². The van der Waals surface area contributed by atoms with Gasteiger partial charge < -0.3 is 15.4 Å². The van der Waals surface area contributed by atoms with Crippen molar-refractivity contribution in [3.05, 3.63) is 29.8 Å². The van der Waals surface area contributed by atoms with Crippen LogP contribution >= 0.6 is 24.0 Å². The molecule has 1 aliphatic rings. The first-order valence-corrected chi connectivity index (χ1v) is 7.82. The molecule has 1 aliphatic heterocycles. The van der Waals surface area contributed by atoms with E-state index < -0.39 is 0 Å². The lowest BCUT2D eigenvalue weighted by atomic mass is 9.90. The zero-order chi connectivity index (χ0) is 16.0. The van der Waals surface area contributed by atoms with Gasteiger partial charge in [0, 0.05) is 24.9 Å². The number of hydrogen-bond acceptors (Lipinski definition) is 2. The van der Waals surface area contributed by atoms with E-state index in [1.165, 1.54) is 5.56 Å². The molecule has 0 radical (unpaired) electrons. The van der Waals surface area contributed by atoms with Gasteiger partial charge in [-0.2, -0.15) is 0 Å². The molecule has 1 aromatic rings. The summed E-state index contributed by atoms with van der Waals surface area (Å²) >= 11 is 0. The fourth-order valence-corrected chi connectivity index (χ4v) is 2.65. The lowest BCUT2D eigenvalue weighted by Crippen LogP contribution is -2.45. The summed E-state index contributed by atoms with van der Waals surface area (Å²) in [6, 6.07) is 8.34. The zero-order valence-corrected chi connectivity index (χ0v) is 16.4. The quantitative estimate of drug-likeness (QED) is 0.254. The first-order valence-electron chi connectivity index (χ1n) is 7.82. The third kappa shape index (κ3) is 5.61. The van der Waals surface area contributed by atoms with Gasteiger partial charge in [0.05, 0.1) is 12.6 Å². The predicted molar refractivity (Wildman–Crippen MR) is 106 cm³/mol. The molecule has 2 N–H and O–H groups in total. The van der Waals surface area contributed by atoms with Crippen molar-refractivity contribution in [2.75, 3.05) is 13.1 Å². The number of para-hydroxylation sites is 1. The summed E-state index contributed by atoms with van der Waals surface area (Å²) in [5.74, 6) is 4.36. The Kier molecular flexibility index (Phi) is 7.69. The molecular formula is C18H26IN3O. The second-order valence-corrected chi connectivity index (χ2v) is 6.02. The molecule has 1 aromatic carbocycles. The first-order chi connectivity index (χ1) is 10.6. The van der Waals surface area contributed by atoms with Crippen LogP contribution in [-0.4, -0.2) is 24.7 Å². The van der Waals surface area contributed by atoms with Crippen LogP contribution in [0.25, 0.3) is 0 Å². The third-order valence-corrected chi connectivity index (χ3v) is 3.56. The van der Waals surface area contributed by atoms with Crippen molar-refractivity contribution in [3.8, 4) is 18.1 Å². The van der Waals surface area contributed by atoms with Crippen molar-refractivity contribution >= 4 is 29.9 Å². The van der Waals surface area contributed by atoms with Crippen LogP contribution in [-0.2, 0) is 0 Å². The fraction of sp³-hybridized carbons (Fsp3) is 0.500. The smallest absolute Gasteiger partial charge is 0.191 e. The van der Waals surface area contributed by atoms with Crippen LogP contribution in [0.3, 0.4) is 0 Å². The highest BCUT2D eigenvalue weighted by atomic mass is 127. The van der Waals surface area contributed by atoms with E-state index in [4.69, 9.17) is 11.2 Å². The number of ether oxygens (including phenoxy) is 1. The van der Waals surface area contributed by atoms with Crippen LogP contribution in [0.5, 0.6) is 5.75 Å². The predicted octanol–water partition coefficient (Wildman–Crippen LogP) is 3.49. The summed E-state index contributed by atoms with van der Waals surface area (Å²) < 4.78 is 6.06. The molecule has 4 nitrogen and oxygen atoms in total. The summed E-state index contributed by atoms with van der Waals surface area (Å²) in [5.41, 5.74) is 0.965. The molecular weight excluding hydrogens is 401 g/mol. The molecule has 0 bridgehead atoms. The first kappa shape index (κ1) is 19.6. The van der Waals surface area contributed by atoms with E-state index in [1.807, 2.05) is 18.2 Å². The fourth-order valence-electron chi connectivity index (χ4n) is 2.65. The second-order valence-electron chi connectivity index (χ2n) is 6.02. The monoisotopic (exact) mass is 427 g/mol. The summed E-state index contributed by atoms with van der Waals surface area (Å²) in [7, 11) is 0. The second kappa shape index (κ2) is 9.02. The number of fused-ring (bicyclic) bond motifs is 1. The number of benzene rings is 1. The lowest BCUT2D eigenvalue weighted by Gasteiger charge is -2.38. The maximum atomic E-state index is 6.06. The largest absolute Gasteiger partial charge is 0.487 e. The van der Waals surface area contributed by atoms with Gasteiger partial charge in [0.15, 0.2) is 5.96 Å². The van der Waals surface area contributed by atoms with Gasteiger partial charge in [0.25, 0.3) is 0 Å². The lowest BCUT2D eigenvalue weighted by molar-refractivity contribution is 0.0694. The van der Waals surface area contributed by atoms with E-state index in [0.29, 0.717) is 13.0 Å². The summed E-state index contributed by atoms with van der Waals surface area (Å²) in [6.45, 7) is 7.72. The highest BCUT2D eigenvalue weighted by Gasteiger charge is 2.33. The molecule has 0 amide bonds. The Morgan fingerprint density at radius 1 is 1.43 bits per heavy atom. The number of nitrogens with one attached hydrogen (secondary N) is 2. The van der Waals surface area contributed by atoms with Gasteiger partial charge >= 0.3 is 0 Å². The highest BCUT2D eigenvalue weighted by Crippen LogP contribution is 2.39. The molecule has 2 rings (SSSR count). The van der Waals surface area contributed by atoms with Crippen molar-refractivity contribution in [1.29, 1.82) is 0 Å². The van der Waals surface area contributed by atoms with E-state index >= 15 is 0 Å². The average molecular weight is 427 g/mol. The minimum absolute atomic E-state index is 0. The normalized spacial score (nSPS) is 18.7. The van der Waals surface area contributed by atoms with Crippen LogP contribution in [0.1, 0.15) is 45.2 Å². The number of hydrogen-bond donors (Lipinski definition) is 2. The molecule has 5 heteroatoms. The average Bonchev–Trinajstić information content (AvgIpc) is 2.46. The van der Waals surface area contributed by atoms with Crippen molar-refractivity contribution < 1.29 is 4.74 Å². The van der Waals surface area contributed by atoms with E-state index in [2.05, 4.69) is 48.4 Å². The van der Waals surface area contributed by atoms with Crippen LogP contribution in [0.4, 0.5) is 0 Å². The minimum Gasteiger partial charge on any atom is -0.487 e. The van der Waals surface area contributed by atoms with Gasteiger partial charge in [-0.05, 0) is 26.8 Å². The Hall–Kier alpha value is -1.42. The Bertz CT molecular complexity index is 578. The molecule has 0 saturated heterocycles. The Balaban J connectivity index is 0.00000264. The number of halogens is 1. The minimum atomic E-state index is -0.206. The Morgan fingerprint density at radius 2 is 2.17 bits per heavy atom.